The quantitative estimate of drug-likeness (QED) is 0.0182. The van der Waals surface area contributed by atoms with Crippen molar-refractivity contribution in [3.8, 4) is 0 Å². The van der Waals surface area contributed by atoms with Gasteiger partial charge < -0.3 is 29.1 Å². The number of aliphatic hydroxyl groups is 1. The van der Waals surface area contributed by atoms with Crippen molar-refractivity contribution < 1.29 is 57.1 Å². The number of carbonyl (C=O) groups is 3. The first-order chi connectivity index (χ1) is 22.2. The zero-order chi connectivity index (χ0) is 35.4. The molecule has 0 fully saturated rings. The molecule has 12 nitrogen and oxygen atoms in total. The lowest BCUT2D eigenvalue weighted by atomic mass is 10.1. The van der Waals surface area contributed by atoms with Gasteiger partial charge in [0.05, 0.1) is 33.9 Å². The summed E-state index contributed by atoms with van der Waals surface area (Å²) in [6, 6.07) is 0. The lowest BCUT2D eigenvalue weighted by Crippen LogP contribution is -2.37. The lowest BCUT2D eigenvalue weighted by Gasteiger charge is -2.24. The number of allylic oxidation sites excluding steroid dienone is 2. The average Bonchev–Trinajstić information content (AvgIpc) is 2.98. The van der Waals surface area contributed by atoms with Crippen molar-refractivity contribution in [2.45, 2.75) is 128 Å². The van der Waals surface area contributed by atoms with Crippen molar-refractivity contribution in [1.82, 2.24) is 0 Å². The second kappa shape index (κ2) is 27.8. The molecule has 0 aliphatic heterocycles. The molecule has 0 aromatic rings. The van der Waals surface area contributed by atoms with Gasteiger partial charge in [0, 0.05) is 18.9 Å². The fourth-order valence-electron chi connectivity index (χ4n) is 4.35. The Morgan fingerprint density at radius 3 is 1.96 bits per heavy atom. The van der Waals surface area contributed by atoms with Gasteiger partial charge in [-0.2, -0.15) is 0 Å². The Balaban J connectivity index is 4.50. The van der Waals surface area contributed by atoms with Crippen molar-refractivity contribution in [2.75, 3.05) is 47.5 Å². The van der Waals surface area contributed by atoms with Crippen LogP contribution in [-0.2, 0) is 37.5 Å². The number of ether oxygens (including phenoxy) is 2. The molecule has 0 rings (SSSR count). The highest BCUT2D eigenvalue weighted by Crippen LogP contribution is 2.43. The molecule has 0 aromatic heterocycles. The van der Waals surface area contributed by atoms with Gasteiger partial charge in [-0.05, 0) is 51.0 Å². The Morgan fingerprint density at radius 1 is 0.787 bits per heavy atom. The molecule has 0 aliphatic carbocycles. The number of hydrogen-bond acceptors (Lipinski definition) is 9. The number of phosphoric ester groups is 1. The van der Waals surface area contributed by atoms with E-state index in [-0.39, 0.29) is 38.9 Å². The molecular formula is C34H63NO11P+. The number of nitrogens with zero attached hydrogens (tertiary/aromatic N) is 1. The zero-order valence-electron chi connectivity index (χ0n) is 29.3. The number of carboxylic acids is 1. The van der Waals surface area contributed by atoms with Gasteiger partial charge in [-0.25, -0.2) is 9.36 Å². The number of rotatable bonds is 31. The molecule has 0 aromatic carbocycles. The van der Waals surface area contributed by atoms with Gasteiger partial charge in [-0.15, -0.1) is 0 Å². The fraction of sp³-hybridized carbons (Fsp3) is 0.794. The van der Waals surface area contributed by atoms with Gasteiger partial charge in [0.1, 0.15) is 19.8 Å². The summed E-state index contributed by atoms with van der Waals surface area (Å²) < 4.78 is 33.5. The number of phosphoric acid groups is 1. The smallest absolute Gasteiger partial charge is 0.472 e. The lowest BCUT2D eigenvalue weighted by molar-refractivity contribution is -0.870. The van der Waals surface area contributed by atoms with Crippen LogP contribution in [0.5, 0.6) is 0 Å². The molecule has 0 spiro atoms. The van der Waals surface area contributed by atoms with E-state index in [1.807, 2.05) is 21.1 Å². The van der Waals surface area contributed by atoms with E-state index in [2.05, 4.69) is 19.1 Å². The molecule has 0 bridgehead atoms. The van der Waals surface area contributed by atoms with Crippen LogP contribution in [0.1, 0.15) is 116 Å². The molecule has 0 aliphatic rings. The Bertz CT molecular complexity index is 949. The maximum Gasteiger partial charge on any atom is 0.472 e. The zero-order valence-corrected chi connectivity index (χ0v) is 30.2. The van der Waals surface area contributed by atoms with Crippen molar-refractivity contribution in [1.29, 1.82) is 0 Å². The average molecular weight is 693 g/mol. The van der Waals surface area contributed by atoms with Crippen LogP contribution in [-0.4, -0.2) is 97.2 Å². The Labute approximate surface area is 282 Å². The third-order valence-electron chi connectivity index (χ3n) is 7.15. The first-order valence-electron chi connectivity index (χ1n) is 17.3. The Kier molecular flexibility index (Phi) is 26.6. The van der Waals surface area contributed by atoms with E-state index < -0.39 is 44.5 Å². The van der Waals surface area contributed by atoms with Gasteiger partial charge >= 0.3 is 25.7 Å². The molecular weight excluding hydrogens is 629 g/mol. The van der Waals surface area contributed by atoms with Crippen molar-refractivity contribution in [3.63, 3.8) is 0 Å². The molecule has 13 heteroatoms. The van der Waals surface area contributed by atoms with Gasteiger partial charge in [0.2, 0.25) is 0 Å². The minimum Gasteiger partial charge on any atom is -0.478 e. The van der Waals surface area contributed by atoms with E-state index in [0.717, 1.165) is 50.7 Å². The number of carbonyl (C=O) groups excluding carboxylic acids is 2. The van der Waals surface area contributed by atoms with Crippen LogP contribution in [0.2, 0.25) is 0 Å². The van der Waals surface area contributed by atoms with Crippen LogP contribution in [0.25, 0.3) is 0 Å². The SMILES string of the molecule is CCCCCCCC/C=C\CCCCCCCC(=O)OC[C@H](COP(=O)(O)OCC[N+](C)(C)C)OC(=O)CCCC(O)/C=C/C(=O)O. The van der Waals surface area contributed by atoms with Crippen molar-refractivity contribution in [2.24, 2.45) is 0 Å². The number of aliphatic hydroxyl groups excluding tert-OH is 1. The number of quaternary nitrogens is 1. The molecule has 3 N–H and O–H groups in total. The van der Waals surface area contributed by atoms with Crippen molar-refractivity contribution >= 4 is 25.7 Å². The summed E-state index contributed by atoms with van der Waals surface area (Å²) in [7, 11) is 1.24. The maximum atomic E-state index is 12.4. The highest BCUT2D eigenvalue weighted by molar-refractivity contribution is 7.47. The summed E-state index contributed by atoms with van der Waals surface area (Å²) in [5, 5.41) is 18.4. The van der Waals surface area contributed by atoms with E-state index in [1.54, 1.807) is 0 Å². The largest absolute Gasteiger partial charge is 0.478 e. The summed E-state index contributed by atoms with van der Waals surface area (Å²) in [6.45, 7) is 1.75. The molecule has 3 atom stereocenters. The van der Waals surface area contributed by atoms with Gasteiger partial charge in [0.25, 0.3) is 0 Å². The number of aliphatic carboxylic acids is 1. The van der Waals surface area contributed by atoms with Gasteiger partial charge in [-0.1, -0.05) is 70.4 Å². The molecule has 0 radical (unpaired) electrons. The van der Waals surface area contributed by atoms with E-state index in [9.17, 15) is 28.9 Å². The summed E-state index contributed by atoms with van der Waals surface area (Å²) in [5.74, 6) is -2.36. The Morgan fingerprint density at radius 2 is 1.36 bits per heavy atom. The third-order valence-corrected chi connectivity index (χ3v) is 8.14. The topological polar surface area (TPSA) is 166 Å². The molecule has 0 amide bonds. The molecule has 0 saturated carbocycles. The van der Waals surface area contributed by atoms with Crippen molar-refractivity contribution in [3.05, 3.63) is 24.3 Å². The number of hydrogen-bond donors (Lipinski definition) is 3. The number of likely N-dealkylation sites (N-methyl/N-ethyl adjacent to an activating group) is 1. The van der Waals surface area contributed by atoms with Crippen LogP contribution in [0, 0.1) is 0 Å². The minimum atomic E-state index is -4.45. The molecule has 47 heavy (non-hydrogen) atoms. The number of carboxylic acid groups (broad SMARTS) is 1. The number of unbranched alkanes of at least 4 members (excludes halogenated alkanes) is 11. The van der Waals surface area contributed by atoms with Crippen LogP contribution in [0.15, 0.2) is 24.3 Å². The Hall–Kier alpha value is -2.08. The van der Waals surface area contributed by atoms with E-state index in [1.165, 1.54) is 38.5 Å². The molecule has 0 heterocycles. The van der Waals surface area contributed by atoms with Crippen LogP contribution < -0.4 is 0 Å². The van der Waals surface area contributed by atoms with Gasteiger partial charge in [-0.3, -0.25) is 18.6 Å². The second-order valence-electron chi connectivity index (χ2n) is 12.9. The standard InChI is InChI=1S/C34H62NO11P/c1-5-6-7-8-9-10-11-12-13-14-15-16-17-18-19-22-33(39)43-28-31(29-45-47(41,42)44-27-26-35(2,3)4)46-34(40)23-20-21-30(36)24-25-32(37)38/h12-13,24-25,30-31,36H,5-11,14-23,26-29H2,1-4H3,(H-,37,38,41,42)/p+1/b13-12-,25-24+/t30?,31-/m1/s1. The highest BCUT2D eigenvalue weighted by atomic mass is 31.2. The monoisotopic (exact) mass is 692 g/mol. The van der Waals surface area contributed by atoms with Crippen LogP contribution in [0.3, 0.4) is 0 Å². The third kappa shape index (κ3) is 32.3. The fourth-order valence-corrected chi connectivity index (χ4v) is 5.09. The van der Waals surface area contributed by atoms with Crippen LogP contribution in [0.4, 0.5) is 0 Å². The predicted octanol–water partition coefficient (Wildman–Crippen LogP) is 6.49. The first kappa shape index (κ1) is 44.9. The van der Waals surface area contributed by atoms with Gasteiger partial charge in [0.15, 0.2) is 6.10 Å². The summed E-state index contributed by atoms with van der Waals surface area (Å²) in [5.41, 5.74) is 0. The molecule has 274 valence electrons. The van der Waals surface area contributed by atoms with E-state index >= 15 is 0 Å². The normalized spacial score (nSPS) is 14.7. The van der Waals surface area contributed by atoms with E-state index in [4.69, 9.17) is 23.6 Å². The second-order valence-corrected chi connectivity index (χ2v) is 14.4. The highest BCUT2D eigenvalue weighted by Gasteiger charge is 2.27. The number of esters is 2. The summed E-state index contributed by atoms with van der Waals surface area (Å²) in [6.07, 6.45) is 19.6. The minimum absolute atomic E-state index is 0.0364. The summed E-state index contributed by atoms with van der Waals surface area (Å²) >= 11 is 0. The summed E-state index contributed by atoms with van der Waals surface area (Å²) in [4.78, 5) is 45.3. The van der Waals surface area contributed by atoms with E-state index in [0.29, 0.717) is 17.4 Å². The first-order valence-corrected chi connectivity index (χ1v) is 18.7. The molecule has 0 saturated heterocycles. The predicted molar refractivity (Wildman–Crippen MR) is 182 cm³/mol. The van der Waals surface area contributed by atoms with Crippen LogP contribution >= 0.6 is 7.82 Å². The molecule has 2 unspecified atom stereocenters. The maximum absolute atomic E-state index is 12.4.